The number of carboxylic acid groups (broad SMARTS) is 1. The number of ketones is 4. The Morgan fingerprint density at radius 1 is 0.929 bits per heavy atom. The van der Waals surface area contributed by atoms with Gasteiger partial charge in [0.2, 0.25) is 17.6 Å². The normalized spacial score (nSPS) is 20.0. The van der Waals surface area contributed by atoms with E-state index in [4.69, 9.17) is 0 Å². The van der Waals surface area contributed by atoms with E-state index in [1.807, 2.05) is 40.7 Å². The summed E-state index contributed by atoms with van der Waals surface area (Å²) < 4.78 is 0. The van der Waals surface area contributed by atoms with E-state index in [1.165, 1.54) is 6.33 Å². The summed E-state index contributed by atoms with van der Waals surface area (Å²) in [6.45, 7) is 9.66. The smallest absolute Gasteiger partial charge is 0.307 e. The van der Waals surface area contributed by atoms with Crippen molar-refractivity contribution in [3.05, 3.63) is 48.0 Å². The Bertz CT molecular complexity index is 1660. The Balaban J connectivity index is 1.43. The maximum absolute atomic E-state index is 14.4. The van der Waals surface area contributed by atoms with Gasteiger partial charge < -0.3 is 15.3 Å². The number of benzene rings is 1. The standard InChI is InChI=1S/C43H61N5O8/c1-6-13-29(40(52)36(51)22-31(43(55)56)20-28-14-8-7-9-15-28)21-35(50)39-33-18-12-16-30(33)24-48(39)42(54)38(27(4)5)46-41(53)34(26(2)3)23-32(49)17-10-11-19-37-44-25-45-47-37/h7-9,14-15,25-27,29-31,33-34,38-39H,6,10-13,16-24H2,1-5H3,(H,46,53)(H,55,56)(H,44,45,47)/t29?,30-,31-,33-,34+,38-,39-/m0/s1. The molecule has 2 amide bonds. The molecule has 0 radical (unpaired) electrons. The molecule has 3 N–H and O–H groups in total. The lowest BCUT2D eigenvalue weighted by molar-refractivity contribution is -0.147. The second-order valence-electron chi connectivity index (χ2n) is 16.6. The summed E-state index contributed by atoms with van der Waals surface area (Å²) in [7, 11) is 0. The van der Waals surface area contributed by atoms with Crippen LogP contribution in [0.5, 0.6) is 0 Å². The summed E-state index contributed by atoms with van der Waals surface area (Å²) in [6.07, 6.45) is 6.69. The van der Waals surface area contributed by atoms with Gasteiger partial charge in [-0.25, -0.2) is 4.98 Å². The number of aliphatic carboxylic acids is 1. The van der Waals surface area contributed by atoms with Crippen molar-refractivity contribution in [3.63, 3.8) is 0 Å². The van der Waals surface area contributed by atoms with Crippen molar-refractivity contribution in [2.75, 3.05) is 6.54 Å². The van der Waals surface area contributed by atoms with Crippen LogP contribution < -0.4 is 5.32 Å². The zero-order chi connectivity index (χ0) is 40.9. The zero-order valence-corrected chi connectivity index (χ0v) is 33.7. The molecule has 2 fully saturated rings. The Hall–Kier alpha value is -4.55. The Morgan fingerprint density at radius 3 is 2.29 bits per heavy atom. The van der Waals surface area contributed by atoms with Gasteiger partial charge >= 0.3 is 5.97 Å². The molecule has 7 atom stereocenters. The maximum Gasteiger partial charge on any atom is 0.307 e. The molecule has 1 unspecified atom stereocenters. The SMILES string of the molecule is CCCC(CC(=O)[C@@H]1[C@H]2CCC[C@H]2CN1C(=O)[C@@H](NC(=O)[C@H](CC(=O)CCCCc1ncn[nH]1)C(C)C)C(C)C)C(=O)C(=O)C[C@H](Cc1ccccc1)C(=O)O. The van der Waals surface area contributed by atoms with Crippen molar-refractivity contribution in [2.45, 2.75) is 130 Å². The molecule has 13 heteroatoms. The summed E-state index contributed by atoms with van der Waals surface area (Å²) in [6, 6.07) is 7.21. The van der Waals surface area contributed by atoms with Crippen LogP contribution in [-0.4, -0.2) is 84.7 Å². The number of fused-ring (bicyclic) bond motifs is 1. The molecular weight excluding hydrogens is 715 g/mol. The molecule has 2 aliphatic rings. The third kappa shape index (κ3) is 12.0. The first-order valence-electron chi connectivity index (χ1n) is 20.5. The van der Waals surface area contributed by atoms with E-state index >= 15 is 0 Å². The number of carbonyl (C=O) groups is 7. The number of H-pyrrole nitrogens is 1. The number of carboxylic acids is 1. The highest BCUT2D eigenvalue weighted by Gasteiger charge is 2.51. The van der Waals surface area contributed by atoms with Gasteiger partial charge in [-0.3, -0.25) is 38.7 Å². The lowest BCUT2D eigenvalue weighted by Gasteiger charge is -2.33. The van der Waals surface area contributed by atoms with Gasteiger partial charge in [0.05, 0.1) is 12.0 Å². The van der Waals surface area contributed by atoms with Crippen molar-refractivity contribution in [2.24, 2.45) is 41.4 Å². The topological polar surface area (TPSA) is 197 Å². The average Bonchev–Trinajstić information content (AvgIpc) is 3.92. The number of amides is 2. The van der Waals surface area contributed by atoms with Crippen molar-refractivity contribution in [3.8, 4) is 0 Å². The Morgan fingerprint density at radius 2 is 1.66 bits per heavy atom. The monoisotopic (exact) mass is 775 g/mol. The first-order valence-corrected chi connectivity index (χ1v) is 20.5. The molecule has 56 heavy (non-hydrogen) atoms. The molecule has 1 saturated heterocycles. The van der Waals surface area contributed by atoms with Gasteiger partial charge in [-0.05, 0) is 67.8 Å². The van der Waals surface area contributed by atoms with Crippen molar-refractivity contribution >= 4 is 40.9 Å². The van der Waals surface area contributed by atoms with E-state index in [0.29, 0.717) is 32.2 Å². The molecule has 1 aromatic carbocycles. The fraction of sp³-hybridized carbons (Fsp3) is 0.651. The van der Waals surface area contributed by atoms with Gasteiger partial charge in [0, 0.05) is 50.5 Å². The quantitative estimate of drug-likeness (QED) is 0.0922. The second-order valence-corrected chi connectivity index (χ2v) is 16.6. The van der Waals surface area contributed by atoms with Crippen LogP contribution in [0, 0.1) is 41.4 Å². The highest BCUT2D eigenvalue weighted by molar-refractivity contribution is 6.38. The van der Waals surface area contributed by atoms with Crippen LogP contribution in [0.25, 0.3) is 0 Å². The molecule has 4 rings (SSSR count). The van der Waals surface area contributed by atoms with Crippen LogP contribution in [-0.2, 0) is 46.4 Å². The highest BCUT2D eigenvalue weighted by atomic mass is 16.4. The molecule has 1 saturated carbocycles. The summed E-state index contributed by atoms with van der Waals surface area (Å²) in [5.41, 5.74) is 0.743. The fourth-order valence-electron chi connectivity index (χ4n) is 8.58. The van der Waals surface area contributed by atoms with Crippen LogP contribution in [0.2, 0.25) is 0 Å². The predicted molar refractivity (Wildman–Crippen MR) is 209 cm³/mol. The number of rotatable bonds is 24. The van der Waals surface area contributed by atoms with E-state index in [-0.39, 0.29) is 72.7 Å². The van der Waals surface area contributed by atoms with Crippen LogP contribution in [0.1, 0.15) is 117 Å². The largest absolute Gasteiger partial charge is 0.481 e. The zero-order valence-electron chi connectivity index (χ0n) is 33.7. The minimum atomic E-state index is -1.17. The number of likely N-dealkylation sites (tertiary alicyclic amines) is 1. The molecule has 2 aromatic rings. The van der Waals surface area contributed by atoms with Crippen molar-refractivity contribution in [1.82, 2.24) is 25.4 Å². The van der Waals surface area contributed by atoms with Gasteiger partial charge in [-0.15, -0.1) is 0 Å². The van der Waals surface area contributed by atoms with Gasteiger partial charge in [0.25, 0.3) is 0 Å². The fourth-order valence-corrected chi connectivity index (χ4v) is 8.58. The third-order valence-corrected chi connectivity index (χ3v) is 11.7. The predicted octanol–water partition coefficient (Wildman–Crippen LogP) is 5.36. The number of carbonyl (C=O) groups excluding carboxylic acids is 6. The molecule has 1 aliphatic heterocycles. The van der Waals surface area contributed by atoms with Crippen LogP contribution in [0.15, 0.2) is 36.7 Å². The number of aromatic amines is 1. The average molecular weight is 776 g/mol. The van der Waals surface area contributed by atoms with Gasteiger partial charge in [-0.1, -0.05) is 77.8 Å². The molecule has 2 heterocycles. The molecule has 0 spiro atoms. The van der Waals surface area contributed by atoms with Gasteiger partial charge in [0.1, 0.15) is 24.0 Å². The van der Waals surface area contributed by atoms with E-state index in [0.717, 1.165) is 37.1 Å². The number of unbranched alkanes of at least 4 members (excludes halogenated alkanes) is 1. The molecule has 1 aromatic heterocycles. The summed E-state index contributed by atoms with van der Waals surface area (Å²) in [5, 5.41) is 19.5. The molecule has 1 aliphatic carbocycles. The van der Waals surface area contributed by atoms with Crippen LogP contribution in [0.3, 0.4) is 0 Å². The number of hydrogen-bond donors (Lipinski definition) is 3. The number of aryl methyl sites for hydroxylation is 1. The van der Waals surface area contributed by atoms with E-state index in [9.17, 15) is 38.7 Å². The number of hydrogen-bond acceptors (Lipinski definition) is 9. The van der Waals surface area contributed by atoms with Crippen molar-refractivity contribution in [1.29, 1.82) is 0 Å². The molecule has 306 valence electrons. The van der Waals surface area contributed by atoms with Gasteiger partial charge in [0.15, 0.2) is 11.6 Å². The maximum atomic E-state index is 14.4. The highest BCUT2D eigenvalue weighted by Crippen LogP contribution is 2.43. The minimum Gasteiger partial charge on any atom is -0.481 e. The summed E-state index contributed by atoms with van der Waals surface area (Å²) in [5.74, 6) is -6.07. The minimum absolute atomic E-state index is 0.0220. The van der Waals surface area contributed by atoms with E-state index < -0.39 is 53.8 Å². The first-order chi connectivity index (χ1) is 26.7. The van der Waals surface area contributed by atoms with Crippen LogP contribution >= 0.6 is 0 Å². The number of Topliss-reactive ketones (excluding diaryl/α,β-unsaturated/α-hetero) is 4. The Kier molecular flexibility index (Phi) is 16.6. The second kappa shape index (κ2) is 21.1. The van der Waals surface area contributed by atoms with Crippen LogP contribution in [0.4, 0.5) is 0 Å². The lowest BCUT2D eigenvalue weighted by atomic mass is 9.83. The van der Waals surface area contributed by atoms with E-state index in [1.54, 1.807) is 29.2 Å². The number of nitrogens with one attached hydrogen (secondary N) is 2. The molecular formula is C43H61N5O8. The Labute approximate surface area is 330 Å². The third-order valence-electron chi connectivity index (χ3n) is 11.7. The van der Waals surface area contributed by atoms with E-state index in [2.05, 4.69) is 20.5 Å². The number of nitrogens with zero attached hydrogens (tertiary/aromatic N) is 3. The summed E-state index contributed by atoms with van der Waals surface area (Å²) >= 11 is 0. The summed E-state index contributed by atoms with van der Waals surface area (Å²) in [4.78, 5) is 100. The van der Waals surface area contributed by atoms with Gasteiger partial charge in [-0.2, -0.15) is 5.10 Å². The number of aromatic nitrogens is 3. The molecule has 0 bridgehead atoms. The lowest BCUT2D eigenvalue weighted by Crippen LogP contribution is -2.56. The van der Waals surface area contributed by atoms with Crippen molar-refractivity contribution < 1.29 is 38.7 Å². The first kappa shape index (κ1) is 44.2. The molecule has 13 nitrogen and oxygen atoms in total.